The second-order valence-corrected chi connectivity index (χ2v) is 7.70. The van der Waals surface area contributed by atoms with Gasteiger partial charge < -0.3 is 15.2 Å². The zero-order chi connectivity index (χ0) is 21.6. The van der Waals surface area contributed by atoms with Crippen molar-refractivity contribution in [2.24, 2.45) is 10.7 Å². The molecule has 3 aromatic carbocycles. The van der Waals surface area contributed by atoms with Gasteiger partial charge in [0, 0.05) is 16.1 Å². The van der Waals surface area contributed by atoms with Crippen LogP contribution in [0.3, 0.4) is 0 Å². The van der Waals surface area contributed by atoms with Crippen LogP contribution in [0.4, 0.5) is 0 Å². The SMILES string of the molecule is NC1=NC(c2ccc(Br)cc2)=CC(c2ccc(OC(=O)/C=C\c3ccccc3)cc2)O1. The average molecular weight is 475 g/mol. The lowest BCUT2D eigenvalue weighted by Crippen LogP contribution is -2.22. The van der Waals surface area contributed by atoms with Crippen LogP contribution < -0.4 is 10.5 Å². The van der Waals surface area contributed by atoms with Crippen LogP contribution in [0.15, 0.2) is 100 Å². The molecule has 1 atom stereocenters. The Hall–Kier alpha value is -3.64. The molecular formula is C25H19BrN2O3. The second kappa shape index (κ2) is 9.45. The van der Waals surface area contributed by atoms with Crippen molar-refractivity contribution in [1.82, 2.24) is 0 Å². The second-order valence-electron chi connectivity index (χ2n) is 6.78. The van der Waals surface area contributed by atoms with Crippen LogP contribution >= 0.6 is 15.9 Å². The number of hydrogen-bond donors (Lipinski definition) is 1. The van der Waals surface area contributed by atoms with Gasteiger partial charge in [0.05, 0.1) is 5.70 Å². The molecule has 0 amide bonds. The molecule has 3 aromatic rings. The van der Waals surface area contributed by atoms with Gasteiger partial charge in [0.25, 0.3) is 6.02 Å². The van der Waals surface area contributed by atoms with Crippen LogP contribution in [-0.4, -0.2) is 12.0 Å². The Morgan fingerprint density at radius 2 is 1.71 bits per heavy atom. The van der Waals surface area contributed by atoms with E-state index in [1.54, 1.807) is 18.2 Å². The Kier molecular flexibility index (Phi) is 6.29. The Labute approximate surface area is 188 Å². The summed E-state index contributed by atoms with van der Waals surface area (Å²) in [4.78, 5) is 16.4. The summed E-state index contributed by atoms with van der Waals surface area (Å²) in [6.45, 7) is 0. The molecular weight excluding hydrogens is 456 g/mol. The van der Waals surface area contributed by atoms with Gasteiger partial charge in [0.2, 0.25) is 0 Å². The van der Waals surface area contributed by atoms with Crippen LogP contribution in [0.1, 0.15) is 22.8 Å². The van der Waals surface area contributed by atoms with Crippen molar-refractivity contribution < 1.29 is 14.3 Å². The number of amidine groups is 1. The minimum absolute atomic E-state index is 0.104. The highest BCUT2D eigenvalue weighted by Crippen LogP contribution is 2.30. The summed E-state index contributed by atoms with van der Waals surface area (Å²) in [5.74, 6) is 0.000315. The van der Waals surface area contributed by atoms with Crippen LogP contribution in [-0.2, 0) is 9.53 Å². The maximum Gasteiger partial charge on any atom is 0.336 e. The van der Waals surface area contributed by atoms with Crippen molar-refractivity contribution in [3.63, 3.8) is 0 Å². The van der Waals surface area contributed by atoms with Crippen molar-refractivity contribution in [3.8, 4) is 5.75 Å². The number of carbonyl (C=O) groups is 1. The highest BCUT2D eigenvalue weighted by molar-refractivity contribution is 9.10. The summed E-state index contributed by atoms with van der Waals surface area (Å²) >= 11 is 3.43. The standard InChI is InChI=1S/C25H19BrN2O3/c26-20-11-7-18(8-12-20)22-16-23(31-25(27)28-22)19-9-13-21(14-10-19)30-24(29)15-6-17-4-2-1-3-5-17/h1-16,23H,(H2,27,28)/b15-6-. The van der Waals surface area contributed by atoms with E-state index in [4.69, 9.17) is 15.2 Å². The zero-order valence-corrected chi connectivity index (χ0v) is 18.0. The molecule has 0 spiro atoms. The number of hydrogen-bond acceptors (Lipinski definition) is 5. The monoisotopic (exact) mass is 474 g/mol. The fraction of sp³-hybridized carbons (Fsp3) is 0.0400. The van der Waals surface area contributed by atoms with Gasteiger partial charge in [0.1, 0.15) is 11.9 Å². The first-order valence-electron chi connectivity index (χ1n) is 9.60. The molecule has 4 rings (SSSR count). The molecule has 1 heterocycles. The highest BCUT2D eigenvalue weighted by atomic mass is 79.9. The van der Waals surface area contributed by atoms with Crippen molar-refractivity contribution in [1.29, 1.82) is 0 Å². The van der Waals surface area contributed by atoms with E-state index in [0.29, 0.717) is 5.75 Å². The molecule has 31 heavy (non-hydrogen) atoms. The van der Waals surface area contributed by atoms with Gasteiger partial charge in [-0.15, -0.1) is 0 Å². The summed E-state index contributed by atoms with van der Waals surface area (Å²) in [5.41, 5.74) is 9.37. The molecule has 0 fully saturated rings. The number of benzene rings is 3. The summed E-state index contributed by atoms with van der Waals surface area (Å²) in [6, 6.07) is 24.6. The lowest BCUT2D eigenvalue weighted by Gasteiger charge is -2.21. The van der Waals surface area contributed by atoms with Crippen LogP contribution in [0.2, 0.25) is 0 Å². The summed E-state index contributed by atoms with van der Waals surface area (Å²) < 4.78 is 12.0. The molecule has 1 aliphatic heterocycles. The van der Waals surface area contributed by atoms with Crippen molar-refractivity contribution in [2.45, 2.75) is 6.10 Å². The highest BCUT2D eigenvalue weighted by Gasteiger charge is 2.19. The lowest BCUT2D eigenvalue weighted by molar-refractivity contribution is -0.128. The van der Waals surface area contributed by atoms with Crippen LogP contribution in [0.5, 0.6) is 5.75 Å². The number of ether oxygens (including phenoxy) is 2. The fourth-order valence-corrected chi connectivity index (χ4v) is 3.30. The first-order chi connectivity index (χ1) is 15.1. The van der Waals surface area contributed by atoms with E-state index >= 15 is 0 Å². The third kappa shape index (κ3) is 5.49. The Morgan fingerprint density at radius 3 is 2.42 bits per heavy atom. The predicted octanol–water partition coefficient (Wildman–Crippen LogP) is 5.50. The van der Waals surface area contributed by atoms with E-state index in [-0.39, 0.29) is 12.1 Å². The first kappa shape index (κ1) is 20.6. The maximum absolute atomic E-state index is 12.1. The number of esters is 1. The zero-order valence-electron chi connectivity index (χ0n) is 16.4. The van der Waals surface area contributed by atoms with Crippen LogP contribution in [0, 0.1) is 0 Å². The Morgan fingerprint density at radius 1 is 1.00 bits per heavy atom. The van der Waals surface area contributed by atoms with Gasteiger partial charge in [-0.3, -0.25) is 0 Å². The van der Waals surface area contributed by atoms with Gasteiger partial charge in [-0.05, 0) is 47.5 Å². The van der Waals surface area contributed by atoms with E-state index < -0.39 is 5.97 Å². The number of nitrogens with zero attached hydrogens (tertiary/aromatic N) is 1. The normalized spacial score (nSPS) is 15.7. The van der Waals surface area contributed by atoms with Gasteiger partial charge in [0.15, 0.2) is 0 Å². The molecule has 0 radical (unpaired) electrons. The molecule has 0 bridgehead atoms. The largest absolute Gasteiger partial charge is 0.453 e. The molecule has 0 aliphatic carbocycles. The van der Waals surface area contributed by atoms with Crippen LogP contribution in [0.25, 0.3) is 11.8 Å². The third-order valence-electron chi connectivity index (χ3n) is 4.57. The third-order valence-corrected chi connectivity index (χ3v) is 5.09. The minimum Gasteiger partial charge on any atom is -0.453 e. The number of halogens is 1. The molecule has 2 N–H and O–H groups in total. The lowest BCUT2D eigenvalue weighted by atomic mass is 10.0. The molecule has 6 heteroatoms. The van der Waals surface area contributed by atoms with E-state index in [2.05, 4.69) is 20.9 Å². The molecule has 1 aliphatic rings. The summed E-state index contributed by atoms with van der Waals surface area (Å²) in [6.07, 6.45) is 4.63. The van der Waals surface area contributed by atoms with E-state index in [1.165, 1.54) is 6.08 Å². The van der Waals surface area contributed by atoms with E-state index in [9.17, 15) is 4.79 Å². The van der Waals surface area contributed by atoms with Gasteiger partial charge in [-0.25, -0.2) is 4.79 Å². The van der Waals surface area contributed by atoms with Crippen molar-refractivity contribution >= 4 is 39.7 Å². The number of aliphatic imine (C=N–C) groups is 1. The number of nitrogens with two attached hydrogens (primary N) is 1. The Bertz CT molecular complexity index is 1150. The maximum atomic E-state index is 12.1. The van der Waals surface area contributed by atoms with Gasteiger partial charge in [-0.1, -0.05) is 70.5 Å². The van der Waals surface area contributed by atoms with Gasteiger partial charge in [-0.2, -0.15) is 4.99 Å². The number of carbonyl (C=O) groups excluding carboxylic acids is 1. The molecule has 0 saturated heterocycles. The van der Waals surface area contributed by atoms with Crippen molar-refractivity contribution in [2.75, 3.05) is 0 Å². The summed E-state index contributed by atoms with van der Waals surface area (Å²) in [5, 5.41) is 0. The molecule has 1 unspecified atom stereocenters. The van der Waals surface area contributed by atoms with E-state index in [0.717, 1.165) is 26.9 Å². The predicted molar refractivity (Wildman–Crippen MR) is 125 cm³/mol. The quantitative estimate of drug-likeness (QED) is 0.301. The smallest absolute Gasteiger partial charge is 0.336 e. The van der Waals surface area contributed by atoms with Crippen molar-refractivity contribution in [3.05, 3.63) is 112 Å². The topological polar surface area (TPSA) is 73.9 Å². The molecule has 0 aromatic heterocycles. The molecule has 5 nitrogen and oxygen atoms in total. The summed E-state index contributed by atoms with van der Waals surface area (Å²) in [7, 11) is 0. The van der Waals surface area contributed by atoms with E-state index in [1.807, 2.05) is 72.8 Å². The minimum atomic E-state index is -0.445. The first-order valence-corrected chi connectivity index (χ1v) is 10.4. The molecule has 0 saturated carbocycles. The van der Waals surface area contributed by atoms with Gasteiger partial charge >= 0.3 is 5.97 Å². The fourth-order valence-electron chi connectivity index (χ4n) is 3.04. The Balaban J connectivity index is 1.45. The number of rotatable bonds is 5. The average Bonchev–Trinajstić information content (AvgIpc) is 2.79. The molecule has 154 valence electrons.